The Balaban J connectivity index is 1.60. The van der Waals surface area contributed by atoms with Gasteiger partial charge in [-0.1, -0.05) is 6.07 Å². The van der Waals surface area contributed by atoms with Crippen LogP contribution in [0.2, 0.25) is 0 Å². The van der Waals surface area contributed by atoms with Crippen LogP contribution in [0.3, 0.4) is 0 Å². The lowest BCUT2D eigenvalue weighted by molar-refractivity contribution is -0.145. The number of anilines is 2. The van der Waals surface area contributed by atoms with Crippen molar-refractivity contribution in [1.29, 1.82) is 0 Å². The standard InChI is InChI=1S/C23H18F4N2O4S/c1-14(30)29(19-4-2-3-16(11-19)23(25,26)27)22-28-18(13-34-22)12-33-21(32)10-9-20(31)15-5-7-17(24)8-6-15/h2-8,11,13H,9-10,12H2,1H3. The first-order valence-electron chi connectivity index (χ1n) is 9.91. The molecule has 0 spiro atoms. The van der Waals surface area contributed by atoms with Gasteiger partial charge in [0.2, 0.25) is 5.91 Å². The van der Waals surface area contributed by atoms with E-state index in [-0.39, 0.29) is 47.3 Å². The van der Waals surface area contributed by atoms with Crippen LogP contribution in [0.1, 0.15) is 41.4 Å². The number of amides is 1. The number of esters is 1. The highest BCUT2D eigenvalue weighted by molar-refractivity contribution is 7.14. The predicted octanol–water partition coefficient (Wildman–Crippen LogP) is 5.69. The average Bonchev–Trinajstić information content (AvgIpc) is 3.24. The van der Waals surface area contributed by atoms with Crippen LogP contribution in [0.4, 0.5) is 28.4 Å². The van der Waals surface area contributed by atoms with Crippen molar-refractivity contribution in [3.8, 4) is 0 Å². The van der Waals surface area contributed by atoms with Gasteiger partial charge in [-0.2, -0.15) is 13.2 Å². The predicted molar refractivity (Wildman–Crippen MR) is 116 cm³/mol. The van der Waals surface area contributed by atoms with Gasteiger partial charge in [0.15, 0.2) is 10.9 Å². The van der Waals surface area contributed by atoms with E-state index in [0.29, 0.717) is 0 Å². The number of rotatable bonds is 8. The number of Topliss-reactive ketones (excluding diaryl/α,β-unsaturated/α-hetero) is 1. The van der Waals surface area contributed by atoms with Crippen molar-refractivity contribution in [2.45, 2.75) is 32.5 Å². The number of alkyl halides is 3. The number of halogens is 4. The van der Waals surface area contributed by atoms with Crippen molar-refractivity contribution in [3.05, 3.63) is 76.5 Å². The van der Waals surface area contributed by atoms with Gasteiger partial charge in [-0.05, 0) is 42.5 Å². The maximum Gasteiger partial charge on any atom is 0.416 e. The van der Waals surface area contributed by atoms with Crippen LogP contribution in [0.5, 0.6) is 0 Å². The van der Waals surface area contributed by atoms with Crippen LogP contribution in [0.15, 0.2) is 53.9 Å². The highest BCUT2D eigenvalue weighted by Crippen LogP contribution is 2.35. The van der Waals surface area contributed by atoms with Gasteiger partial charge in [-0.25, -0.2) is 9.37 Å². The summed E-state index contributed by atoms with van der Waals surface area (Å²) in [5.74, 6) is -2.02. The first kappa shape index (κ1) is 25.0. The van der Waals surface area contributed by atoms with E-state index in [1.807, 2.05) is 0 Å². The highest BCUT2D eigenvalue weighted by Gasteiger charge is 2.31. The molecule has 0 unspecified atom stereocenters. The molecule has 11 heteroatoms. The summed E-state index contributed by atoms with van der Waals surface area (Å²) >= 11 is 0.999. The largest absolute Gasteiger partial charge is 0.459 e. The summed E-state index contributed by atoms with van der Waals surface area (Å²) in [6.07, 6.45) is -4.89. The number of aromatic nitrogens is 1. The molecule has 178 valence electrons. The molecule has 0 fully saturated rings. The van der Waals surface area contributed by atoms with E-state index in [1.165, 1.54) is 36.6 Å². The number of hydrogen-bond donors (Lipinski definition) is 0. The fourth-order valence-electron chi connectivity index (χ4n) is 2.94. The number of ketones is 1. The molecule has 2 aromatic carbocycles. The van der Waals surface area contributed by atoms with Crippen LogP contribution in [-0.4, -0.2) is 22.6 Å². The van der Waals surface area contributed by atoms with E-state index < -0.39 is 29.4 Å². The molecule has 0 atom stereocenters. The monoisotopic (exact) mass is 494 g/mol. The Kier molecular flexibility index (Phi) is 7.77. The zero-order chi connectivity index (χ0) is 24.9. The molecule has 0 aliphatic heterocycles. The molecule has 0 saturated heterocycles. The van der Waals surface area contributed by atoms with Crippen LogP contribution < -0.4 is 4.90 Å². The number of benzene rings is 2. The third kappa shape index (κ3) is 6.47. The summed E-state index contributed by atoms with van der Waals surface area (Å²) in [6, 6.07) is 9.24. The summed E-state index contributed by atoms with van der Waals surface area (Å²) in [5.41, 5.74) is -0.342. The van der Waals surface area contributed by atoms with Crippen LogP contribution in [0.25, 0.3) is 0 Å². The van der Waals surface area contributed by atoms with E-state index in [0.717, 1.165) is 40.5 Å². The summed E-state index contributed by atoms with van der Waals surface area (Å²) < 4.78 is 57.1. The summed E-state index contributed by atoms with van der Waals surface area (Å²) in [7, 11) is 0. The number of ether oxygens (including phenoxy) is 1. The van der Waals surface area contributed by atoms with Crippen LogP contribution >= 0.6 is 11.3 Å². The maximum absolute atomic E-state index is 13.0. The van der Waals surface area contributed by atoms with Crippen molar-refractivity contribution in [1.82, 2.24) is 4.98 Å². The molecule has 1 heterocycles. The van der Waals surface area contributed by atoms with Gasteiger partial charge in [0.1, 0.15) is 12.4 Å². The number of thiazole rings is 1. The van der Waals surface area contributed by atoms with E-state index in [9.17, 15) is 31.9 Å². The summed E-state index contributed by atoms with van der Waals surface area (Å²) in [5, 5.41) is 1.62. The van der Waals surface area contributed by atoms with Crippen molar-refractivity contribution < 1.29 is 36.7 Å². The van der Waals surface area contributed by atoms with Gasteiger partial charge < -0.3 is 4.74 Å². The van der Waals surface area contributed by atoms with Crippen LogP contribution in [0, 0.1) is 5.82 Å². The SMILES string of the molecule is CC(=O)N(c1cccc(C(F)(F)F)c1)c1nc(COC(=O)CCC(=O)c2ccc(F)cc2)cs1. The topological polar surface area (TPSA) is 76.6 Å². The molecule has 0 aliphatic carbocycles. The van der Waals surface area contributed by atoms with Gasteiger partial charge >= 0.3 is 12.1 Å². The van der Waals surface area contributed by atoms with Gasteiger partial charge in [0.05, 0.1) is 23.4 Å². The third-order valence-corrected chi connectivity index (χ3v) is 5.46. The molecular weight excluding hydrogens is 476 g/mol. The lowest BCUT2D eigenvalue weighted by Crippen LogP contribution is -2.23. The van der Waals surface area contributed by atoms with E-state index in [1.54, 1.807) is 0 Å². The molecule has 3 rings (SSSR count). The Morgan fingerprint density at radius 2 is 1.76 bits per heavy atom. The molecule has 0 N–H and O–H groups in total. The van der Waals surface area contributed by atoms with Gasteiger partial charge in [0.25, 0.3) is 0 Å². The number of nitrogens with zero attached hydrogens (tertiary/aromatic N) is 2. The van der Waals surface area contributed by atoms with E-state index >= 15 is 0 Å². The Morgan fingerprint density at radius 1 is 1.06 bits per heavy atom. The Morgan fingerprint density at radius 3 is 2.41 bits per heavy atom. The first-order valence-corrected chi connectivity index (χ1v) is 10.8. The fourth-order valence-corrected chi connectivity index (χ4v) is 3.81. The molecule has 0 aliphatic rings. The van der Waals surface area contributed by atoms with Crippen molar-refractivity contribution in [2.75, 3.05) is 4.90 Å². The molecule has 6 nitrogen and oxygen atoms in total. The average molecular weight is 494 g/mol. The fraction of sp³-hybridized carbons (Fsp3) is 0.217. The molecule has 1 aromatic heterocycles. The lowest BCUT2D eigenvalue weighted by Gasteiger charge is -2.19. The minimum absolute atomic E-state index is 0.000439. The van der Waals surface area contributed by atoms with Crippen molar-refractivity contribution >= 4 is 39.8 Å². The minimum Gasteiger partial charge on any atom is -0.459 e. The molecule has 0 bridgehead atoms. The van der Waals surface area contributed by atoms with E-state index in [4.69, 9.17) is 4.74 Å². The smallest absolute Gasteiger partial charge is 0.416 e. The first-order chi connectivity index (χ1) is 16.0. The van der Waals surface area contributed by atoms with Gasteiger partial charge in [-0.3, -0.25) is 19.3 Å². The van der Waals surface area contributed by atoms with E-state index in [2.05, 4.69) is 4.98 Å². The van der Waals surface area contributed by atoms with Gasteiger partial charge in [-0.15, -0.1) is 11.3 Å². The van der Waals surface area contributed by atoms with Crippen LogP contribution in [-0.2, 0) is 27.1 Å². The normalized spacial score (nSPS) is 11.2. The van der Waals surface area contributed by atoms with Crippen molar-refractivity contribution in [2.24, 2.45) is 0 Å². The molecule has 3 aromatic rings. The summed E-state index contributed by atoms with van der Waals surface area (Å²) in [4.78, 5) is 41.4. The highest BCUT2D eigenvalue weighted by atomic mass is 32.1. The molecule has 0 saturated carbocycles. The zero-order valence-corrected chi connectivity index (χ0v) is 18.6. The second-order valence-electron chi connectivity index (χ2n) is 7.11. The second-order valence-corrected chi connectivity index (χ2v) is 7.95. The van der Waals surface area contributed by atoms with Gasteiger partial charge in [0, 0.05) is 24.3 Å². The number of carbonyl (C=O) groups is 3. The number of hydrogen-bond acceptors (Lipinski definition) is 6. The Labute approximate surface area is 195 Å². The second kappa shape index (κ2) is 10.6. The molecule has 0 radical (unpaired) electrons. The third-order valence-electron chi connectivity index (χ3n) is 4.58. The molecule has 34 heavy (non-hydrogen) atoms. The molecular formula is C23H18F4N2O4S. The quantitative estimate of drug-likeness (QED) is 0.228. The number of carbonyl (C=O) groups excluding carboxylic acids is 3. The molecule has 1 amide bonds. The lowest BCUT2D eigenvalue weighted by atomic mass is 10.1. The minimum atomic E-state index is -4.57. The Bertz CT molecular complexity index is 1190. The van der Waals surface area contributed by atoms with Crippen molar-refractivity contribution in [3.63, 3.8) is 0 Å². The maximum atomic E-state index is 13.0. The summed E-state index contributed by atoms with van der Waals surface area (Å²) in [6.45, 7) is 0.952. The zero-order valence-electron chi connectivity index (χ0n) is 17.8. The Hall–Kier alpha value is -3.60.